The van der Waals surface area contributed by atoms with E-state index in [0.29, 0.717) is 25.3 Å². The van der Waals surface area contributed by atoms with Crippen molar-refractivity contribution in [3.05, 3.63) is 29.1 Å². The second kappa shape index (κ2) is 6.90. The van der Waals surface area contributed by atoms with Crippen molar-refractivity contribution in [2.24, 2.45) is 17.8 Å². The lowest BCUT2D eigenvalue weighted by molar-refractivity contribution is -0.141. The first-order valence-corrected chi connectivity index (χ1v) is 8.41. The summed E-state index contributed by atoms with van der Waals surface area (Å²) in [7, 11) is 1.38. The molecule has 1 heterocycles. The van der Waals surface area contributed by atoms with Crippen LogP contribution in [0.3, 0.4) is 0 Å². The van der Waals surface area contributed by atoms with Gasteiger partial charge in [-0.1, -0.05) is 0 Å². The van der Waals surface area contributed by atoms with Gasteiger partial charge in [0, 0.05) is 30.9 Å². The number of alkyl halides is 3. The lowest BCUT2D eigenvalue weighted by Crippen LogP contribution is -2.42. The lowest BCUT2D eigenvalue weighted by atomic mass is 9.75. The molecule has 140 valence electrons. The Labute approximate surface area is 147 Å². The third-order valence-corrected chi connectivity index (χ3v) is 5.14. The highest BCUT2D eigenvalue weighted by molar-refractivity contribution is 6.26. The molecule has 2 unspecified atom stereocenters. The van der Waals surface area contributed by atoms with E-state index in [2.05, 4.69) is 4.98 Å². The SMILES string of the molecule is COCCc1nc(C(F)(F)F)ccc1C(=O)C1C(=O)C2CCC(C2)C1=O. The Balaban J connectivity index is 1.97. The van der Waals surface area contributed by atoms with E-state index in [0.717, 1.165) is 6.07 Å². The van der Waals surface area contributed by atoms with E-state index in [9.17, 15) is 27.6 Å². The normalized spacial score (nSPS) is 25.6. The van der Waals surface area contributed by atoms with Crippen molar-refractivity contribution in [2.45, 2.75) is 31.9 Å². The zero-order valence-corrected chi connectivity index (χ0v) is 14.1. The van der Waals surface area contributed by atoms with Crippen molar-refractivity contribution in [1.29, 1.82) is 0 Å². The van der Waals surface area contributed by atoms with Gasteiger partial charge >= 0.3 is 6.18 Å². The molecule has 5 nitrogen and oxygen atoms in total. The lowest BCUT2D eigenvalue weighted by Gasteiger charge is -2.25. The van der Waals surface area contributed by atoms with Gasteiger partial charge in [-0.25, -0.2) is 4.98 Å². The third-order valence-electron chi connectivity index (χ3n) is 5.14. The van der Waals surface area contributed by atoms with Gasteiger partial charge in [0.1, 0.15) is 11.6 Å². The van der Waals surface area contributed by atoms with E-state index < -0.39 is 35.1 Å². The summed E-state index contributed by atoms with van der Waals surface area (Å²) in [6, 6.07) is 1.72. The number of Topliss-reactive ketones (excluding diaryl/α,β-unsaturated/α-hetero) is 3. The minimum absolute atomic E-state index is 0.0244. The quantitative estimate of drug-likeness (QED) is 0.589. The van der Waals surface area contributed by atoms with Gasteiger partial charge in [0.25, 0.3) is 0 Å². The number of ether oxygens (including phenoxy) is 1. The molecule has 0 radical (unpaired) electrons. The predicted octanol–water partition coefficient (Wildman–Crippen LogP) is 2.66. The van der Waals surface area contributed by atoms with Crippen LogP contribution in [0, 0.1) is 17.8 Å². The molecule has 2 saturated carbocycles. The first-order valence-electron chi connectivity index (χ1n) is 8.41. The molecule has 26 heavy (non-hydrogen) atoms. The van der Waals surface area contributed by atoms with Gasteiger partial charge in [0.05, 0.1) is 12.3 Å². The third kappa shape index (κ3) is 3.30. The van der Waals surface area contributed by atoms with Crippen LogP contribution in [-0.2, 0) is 26.9 Å². The minimum Gasteiger partial charge on any atom is -0.384 e. The molecule has 2 aliphatic carbocycles. The number of fused-ring (bicyclic) bond motifs is 2. The van der Waals surface area contributed by atoms with E-state index in [4.69, 9.17) is 4.74 Å². The van der Waals surface area contributed by atoms with Gasteiger partial charge in [-0.05, 0) is 31.4 Å². The van der Waals surface area contributed by atoms with Gasteiger partial charge in [0.15, 0.2) is 17.3 Å². The maximum atomic E-state index is 12.9. The highest BCUT2D eigenvalue weighted by Gasteiger charge is 2.50. The van der Waals surface area contributed by atoms with Crippen molar-refractivity contribution in [1.82, 2.24) is 4.98 Å². The average molecular weight is 369 g/mol. The number of ketones is 3. The number of halogens is 3. The van der Waals surface area contributed by atoms with Crippen molar-refractivity contribution < 1.29 is 32.3 Å². The van der Waals surface area contributed by atoms with Crippen molar-refractivity contribution >= 4 is 17.3 Å². The number of aromatic nitrogens is 1. The van der Waals surface area contributed by atoms with Crippen LogP contribution in [0.15, 0.2) is 12.1 Å². The number of carbonyl (C=O) groups is 3. The van der Waals surface area contributed by atoms with E-state index >= 15 is 0 Å². The maximum absolute atomic E-state index is 12.9. The van der Waals surface area contributed by atoms with Gasteiger partial charge < -0.3 is 4.74 Å². The van der Waals surface area contributed by atoms with Crippen LogP contribution in [0.1, 0.15) is 41.0 Å². The molecule has 0 amide bonds. The number of methoxy groups -OCH3 is 1. The van der Waals surface area contributed by atoms with E-state index in [-0.39, 0.29) is 36.1 Å². The molecule has 0 N–H and O–H groups in total. The minimum atomic E-state index is -4.65. The largest absolute Gasteiger partial charge is 0.433 e. The average Bonchev–Trinajstić information content (AvgIpc) is 3.04. The molecule has 3 rings (SSSR count). The van der Waals surface area contributed by atoms with E-state index in [1.807, 2.05) is 0 Å². The van der Waals surface area contributed by atoms with Crippen molar-refractivity contribution in [2.75, 3.05) is 13.7 Å². The molecule has 0 aromatic carbocycles. The molecule has 8 heteroatoms. The summed E-state index contributed by atoms with van der Waals surface area (Å²) < 4.78 is 43.6. The summed E-state index contributed by atoms with van der Waals surface area (Å²) in [5, 5.41) is 0. The summed E-state index contributed by atoms with van der Waals surface area (Å²) in [5.41, 5.74) is -1.34. The Kier molecular flexibility index (Phi) is 4.96. The molecule has 0 aliphatic heterocycles. The maximum Gasteiger partial charge on any atom is 0.433 e. The molecular formula is C18H18F3NO4. The Morgan fingerprint density at radius 2 is 1.81 bits per heavy atom. The van der Waals surface area contributed by atoms with Crippen molar-refractivity contribution in [3.8, 4) is 0 Å². The van der Waals surface area contributed by atoms with Crippen LogP contribution < -0.4 is 0 Å². The Bertz CT molecular complexity index is 737. The zero-order chi connectivity index (χ0) is 19.1. The topological polar surface area (TPSA) is 73.3 Å². The summed E-state index contributed by atoms with van der Waals surface area (Å²) in [5.74, 6) is -3.60. The fraction of sp³-hybridized carbons (Fsp3) is 0.556. The van der Waals surface area contributed by atoms with Crippen LogP contribution in [0.4, 0.5) is 13.2 Å². The monoisotopic (exact) mass is 369 g/mol. The molecule has 2 fully saturated rings. The van der Waals surface area contributed by atoms with E-state index in [1.165, 1.54) is 7.11 Å². The summed E-state index contributed by atoms with van der Waals surface area (Å²) in [4.78, 5) is 41.4. The van der Waals surface area contributed by atoms with Crippen LogP contribution in [0.25, 0.3) is 0 Å². The predicted molar refractivity (Wildman–Crippen MR) is 83.5 cm³/mol. The van der Waals surface area contributed by atoms with Crippen LogP contribution in [0.5, 0.6) is 0 Å². The molecule has 1 aromatic heterocycles. The number of nitrogens with zero attached hydrogens (tertiary/aromatic N) is 1. The zero-order valence-electron chi connectivity index (χ0n) is 14.1. The number of pyridine rings is 1. The number of carbonyl (C=O) groups excluding carboxylic acids is 3. The molecule has 0 spiro atoms. The molecule has 2 aliphatic rings. The molecule has 2 bridgehead atoms. The fourth-order valence-corrected chi connectivity index (χ4v) is 3.80. The standard InChI is InChI=1S/C18H18F3NO4/c1-26-7-6-12-11(4-5-13(22-12)18(19,20)21)17(25)14-15(23)9-2-3-10(8-9)16(14)24/h4-5,9-10,14H,2-3,6-8H2,1H3. The highest BCUT2D eigenvalue weighted by atomic mass is 19.4. The summed E-state index contributed by atoms with van der Waals surface area (Å²) in [6.45, 7) is 0.0619. The second-order valence-corrected chi connectivity index (χ2v) is 6.74. The number of hydrogen-bond donors (Lipinski definition) is 0. The van der Waals surface area contributed by atoms with Gasteiger partial charge in [0.2, 0.25) is 0 Å². The first kappa shape index (κ1) is 18.7. The Morgan fingerprint density at radius 1 is 1.19 bits per heavy atom. The Hall–Kier alpha value is -2.09. The number of hydrogen-bond acceptors (Lipinski definition) is 5. The molecule has 2 atom stereocenters. The number of rotatable bonds is 5. The second-order valence-electron chi connectivity index (χ2n) is 6.74. The van der Waals surface area contributed by atoms with Gasteiger partial charge in [-0.15, -0.1) is 0 Å². The first-order chi connectivity index (χ1) is 12.2. The van der Waals surface area contributed by atoms with Gasteiger partial charge in [-0.2, -0.15) is 13.2 Å². The van der Waals surface area contributed by atoms with Crippen LogP contribution in [0.2, 0.25) is 0 Å². The van der Waals surface area contributed by atoms with Crippen LogP contribution >= 0.6 is 0 Å². The molecular weight excluding hydrogens is 351 g/mol. The molecule has 0 saturated heterocycles. The Morgan fingerprint density at radius 3 is 2.35 bits per heavy atom. The van der Waals surface area contributed by atoms with Gasteiger partial charge in [-0.3, -0.25) is 14.4 Å². The van der Waals surface area contributed by atoms with Crippen molar-refractivity contribution in [3.63, 3.8) is 0 Å². The fourth-order valence-electron chi connectivity index (χ4n) is 3.80. The van der Waals surface area contributed by atoms with E-state index in [1.54, 1.807) is 0 Å². The smallest absolute Gasteiger partial charge is 0.384 e. The summed E-state index contributed by atoms with van der Waals surface area (Å²) in [6.07, 6.45) is -3.03. The highest BCUT2D eigenvalue weighted by Crippen LogP contribution is 2.41. The molecule has 1 aromatic rings. The van der Waals surface area contributed by atoms with Crippen LogP contribution in [-0.4, -0.2) is 36.1 Å². The summed E-state index contributed by atoms with van der Waals surface area (Å²) >= 11 is 0.